The minimum Gasteiger partial charge on any atom is -0.272 e. The van der Waals surface area contributed by atoms with Gasteiger partial charge in [0.25, 0.3) is 0 Å². The zero-order chi connectivity index (χ0) is 11.5. The molecular formula is C9H10ClN3O3. The van der Waals surface area contributed by atoms with Gasteiger partial charge in [-0.2, -0.15) is 0 Å². The lowest BCUT2D eigenvalue weighted by Gasteiger charge is -2.26. The third-order valence-corrected chi connectivity index (χ3v) is 2.46. The predicted molar refractivity (Wildman–Crippen MR) is 58.4 cm³/mol. The van der Waals surface area contributed by atoms with E-state index < -0.39 is 4.92 Å². The summed E-state index contributed by atoms with van der Waals surface area (Å²) in [6.45, 7) is 1.16. The van der Waals surface area contributed by atoms with E-state index in [2.05, 4.69) is 4.98 Å². The lowest BCUT2D eigenvalue weighted by Crippen LogP contribution is -2.31. The van der Waals surface area contributed by atoms with Crippen molar-refractivity contribution < 1.29 is 9.76 Å². The van der Waals surface area contributed by atoms with Crippen molar-refractivity contribution in [3.63, 3.8) is 0 Å². The average molecular weight is 244 g/mol. The third-order valence-electron chi connectivity index (χ3n) is 2.25. The number of rotatable bonds is 2. The lowest BCUT2D eigenvalue weighted by atomic mass is 10.3. The standard InChI is InChI=1S/C9H10ClN3O3/c10-7-5-8(13(14)15)9(11-6-7)12-3-1-2-4-16-12/h5-6H,1-4H2. The molecule has 7 heteroatoms. The van der Waals surface area contributed by atoms with Gasteiger partial charge in [0, 0.05) is 18.8 Å². The maximum Gasteiger partial charge on any atom is 0.315 e. The summed E-state index contributed by atoms with van der Waals surface area (Å²) in [5.41, 5.74) is -0.130. The Morgan fingerprint density at radius 1 is 1.56 bits per heavy atom. The Balaban J connectivity index is 2.34. The summed E-state index contributed by atoms with van der Waals surface area (Å²) in [7, 11) is 0. The number of hydrogen-bond donors (Lipinski definition) is 0. The van der Waals surface area contributed by atoms with Gasteiger partial charge in [-0.1, -0.05) is 11.6 Å². The van der Waals surface area contributed by atoms with E-state index >= 15 is 0 Å². The molecular weight excluding hydrogens is 234 g/mol. The molecule has 1 aromatic rings. The number of nitro groups is 1. The van der Waals surface area contributed by atoms with Crippen molar-refractivity contribution in [2.45, 2.75) is 12.8 Å². The van der Waals surface area contributed by atoms with Crippen molar-refractivity contribution in [1.82, 2.24) is 4.98 Å². The number of hydroxylamine groups is 1. The normalized spacial score (nSPS) is 16.2. The van der Waals surface area contributed by atoms with Crippen molar-refractivity contribution in [3.8, 4) is 0 Å². The monoisotopic (exact) mass is 243 g/mol. The Bertz CT molecular complexity index is 407. The Hall–Kier alpha value is -1.40. The first-order valence-corrected chi connectivity index (χ1v) is 5.26. The van der Waals surface area contributed by atoms with Crippen LogP contribution in [0.1, 0.15) is 12.8 Å². The van der Waals surface area contributed by atoms with Gasteiger partial charge in [0.15, 0.2) is 0 Å². The van der Waals surface area contributed by atoms with Crippen LogP contribution in [0.15, 0.2) is 12.3 Å². The van der Waals surface area contributed by atoms with E-state index in [0.29, 0.717) is 13.2 Å². The van der Waals surface area contributed by atoms with Crippen LogP contribution >= 0.6 is 11.6 Å². The van der Waals surface area contributed by atoms with Crippen LogP contribution in [0, 0.1) is 10.1 Å². The molecule has 0 spiro atoms. The first-order chi connectivity index (χ1) is 7.68. The highest BCUT2D eigenvalue weighted by Gasteiger charge is 2.24. The molecule has 86 valence electrons. The summed E-state index contributed by atoms with van der Waals surface area (Å²) in [4.78, 5) is 19.6. The molecule has 0 radical (unpaired) electrons. The Labute approximate surface area is 96.9 Å². The zero-order valence-corrected chi connectivity index (χ0v) is 9.18. The predicted octanol–water partition coefficient (Wildman–Crippen LogP) is 2.17. The van der Waals surface area contributed by atoms with E-state index in [1.807, 2.05) is 0 Å². The largest absolute Gasteiger partial charge is 0.315 e. The van der Waals surface area contributed by atoms with Gasteiger partial charge in [-0.05, 0) is 12.8 Å². The highest BCUT2D eigenvalue weighted by atomic mass is 35.5. The highest BCUT2D eigenvalue weighted by molar-refractivity contribution is 6.30. The number of pyridine rings is 1. The lowest BCUT2D eigenvalue weighted by molar-refractivity contribution is -0.384. The molecule has 1 aliphatic rings. The van der Waals surface area contributed by atoms with E-state index in [9.17, 15) is 10.1 Å². The van der Waals surface area contributed by atoms with E-state index in [-0.39, 0.29) is 16.5 Å². The Kier molecular flexibility index (Phi) is 3.21. The smallest absolute Gasteiger partial charge is 0.272 e. The number of hydrogen-bond acceptors (Lipinski definition) is 5. The summed E-state index contributed by atoms with van der Waals surface area (Å²) in [5.74, 6) is 0.217. The van der Waals surface area contributed by atoms with Gasteiger partial charge >= 0.3 is 5.69 Å². The van der Waals surface area contributed by atoms with Crippen LogP contribution in [0.25, 0.3) is 0 Å². The minimum atomic E-state index is -0.508. The second kappa shape index (κ2) is 4.63. The van der Waals surface area contributed by atoms with E-state index in [4.69, 9.17) is 16.4 Å². The van der Waals surface area contributed by atoms with E-state index in [1.54, 1.807) is 0 Å². The van der Waals surface area contributed by atoms with Gasteiger partial charge in [0.1, 0.15) is 0 Å². The Morgan fingerprint density at radius 2 is 2.38 bits per heavy atom. The molecule has 1 saturated heterocycles. The second-order valence-corrected chi connectivity index (χ2v) is 3.83. The summed E-state index contributed by atoms with van der Waals surface area (Å²) in [6, 6.07) is 1.28. The van der Waals surface area contributed by atoms with Crippen molar-refractivity contribution in [2.75, 3.05) is 18.2 Å². The first kappa shape index (κ1) is 11.1. The molecule has 0 aromatic carbocycles. The van der Waals surface area contributed by atoms with Gasteiger partial charge in [0.05, 0.1) is 16.6 Å². The number of nitrogens with zero attached hydrogens (tertiary/aromatic N) is 3. The van der Waals surface area contributed by atoms with Gasteiger partial charge in [-0.15, -0.1) is 0 Å². The quantitative estimate of drug-likeness (QED) is 0.588. The van der Waals surface area contributed by atoms with Crippen molar-refractivity contribution in [2.24, 2.45) is 0 Å². The van der Waals surface area contributed by atoms with Crippen LogP contribution in [-0.4, -0.2) is 23.1 Å². The summed E-state index contributed by atoms with van der Waals surface area (Å²) < 4.78 is 0. The Morgan fingerprint density at radius 3 is 3.00 bits per heavy atom. The van der Waals surface area contributed by atoms with Gasteiger partial charge in [-0.3, -0.25) is 15.0 Å². The number of anilines is 1. The van der Waals surface area contributed by atoms with Gasteiger partial charge in [-0.25, -0.2) is 10.0 Å². The summed E-state index contributed by atoms with van der Waals surface area (Å²) in [6.07, 6.45) is 3.27. The van der Waals surface area contributed by atoms with E-state index in [1.165, 1.54) is 17.3 Å². The fraction of sp³-hybridized carbons (Fsp3) is 0.444. The maximum atomic E-state index is 10.8. The third kappa shape index (κ3) is 2.23. The number of halogens is 1. The maximum absolute atomic E-state index is 10.8. The molecule has 0 bridgehead atoms. The SMILES string of the molecule is O=[N+]([O-])c1cc(Cl)cnc1N1CCCCO1. The molecule has 1 aromatic heterocycles. The topological polar surface area (TPSA) is 68.5 Å². The van der Waals surface area contributed by atoms with Crippen molar-refractivity contribution >= 4 is 23.1 Å². The molecule has 16 heavy (non-hydrogen) atoms. The molecule has 0 amide bonds. The molecule has 1 aliphatic heterocycles. The average Bonchev–Trinajstić information content (AvgIpc) is 2.30. The highest BCUT2D eigenvalue weighted by Crippen LogP contribution is 2.29. The van der Waals surface area contributed by atoms with Crippen molar-refractivity contribution in [1.29, 1.82) is 0 Å². The van der Waals surface area contributed by atoms with E-state index in [0.717, 1.165) is 12.8 Å². The van der Waals surface area contributed by atoms with Gasteiger partial charge < -0.3 is 0 Å². The molecule has 0 atom stereocenters. The molecule has 0 saturated carbocycles. The van der Waals surface area contributed by atoms with Crippen LogP contribution in [0.3, 0.4) is 0 Å². The number of aromatic nitrogens is 1. The molecule has 1 fully saturated rings. The molecule has 0 unspecified atom stereocenters. The molecule has 0 N–H and O–H groups in total. The zero-order valence-electron chi connectivity index (χ0n) is 8.43. The summed E-state index contributed by atoms with van der Waals surface area (Å²) >= 11 is 5.67. The van der Waals surface area contributed by atoms with Crippen LogP contribution < -0.4 is 5.06 Å². The van der Waals surface area contributed by atoms with Crippen LogP contribution in [-0.2, 0) is 4.84 Å². The van der Waals surface area contributed by atoms with Crippen molar-refractivity contribution in [3.05, 3.63) is 27.4 Å². The first-order valence-electron chi connectivity index (χ1n) is 4.89. The second-order valence-electron chi connectivity index (χ2n) is 3.40. The van der Waals surface area contributed by atoms with Crippen LogP contribution in [0.5, 0.6) is 0 Å². The van der Waals surface area contributed by atoms with Crippen LogP contribution in [0.2, 0.25) is 5.02 Å². The fourth-order valence-corrected chi connectivity index (χ4v) is 1.66. The molecule has 6 nitrogen and oxygen atoms in total. The minimum absolute atomic E-state index is 0.130. The molecule has 2 rings (SSSR count). The van der Waals surface area contributed by atoms with Crippen LogP contribution in [0.4, 0.5) is 11.5 Å². The molecule has 2 heterocycles. The fourth-order valence-electron chi connectivity index (χ4n) is 1.51. The molecule has 0 aliphatic carbocycles. The van der Waals surface area contributed by atoms with Gasteiger partial charge in [0.2, 0.25) is 5.82 Å². The summed E-state index contributed by atoms with van der Waals surface area (Å²) in [5, 5.41) is 12.5.